The molecule has 19 heavy (non-hydrogen) atoms. The number of benzene rings is 1. The number of thiophene rings is 1. The molecule has 1 unspecified atom stereocenters. The van der Waals surface area contributed by atoms with Crippen molar-refractivity contribution < 1.29 is 9.90 Å². The zero-order chi connectivity index (χ0) is 14.0. The monoisotopic (exact) mass is 277 g/mol. The predicted octanol–water partition coefficient (Wildman–Crippen LogP) is 2.96. The minimum Gasteiger partial charge on any atom is -0.394 e. The Balaban J connectivity index is 2.29. The number of hydrogen-bond donors (Lipinski definition) is 2. The molecule has 4 heteroatoms. The molecule has 0 spiro atoms. The van der Waals surface area contributed by atoms with Gasteiger partial charge >= 0.3 is 0 Å². The van der Waals surface area contributed by atoms with E-state index in [-0.39, 0.29) is 24.5 Å². The van der Waals surface area contributed by atoms with Crippen LogP contribution in [0.5, 0.6) is 0 Å². The maximum atomic E-state index is 12.3. The van der Waals surface area contributed by atoms with Crippen molar-refractivity contribution in [2.45, 2.75) is 26.8 Å². The Kier molecular flexibility index (Phi) is 4.22. The number of nitrogens with one attached hydrogen (secondary N) is 1. The van der Waals surface area contributed by atoms with E-state index in [1.54, 1.807) is 0 Å². The molecule has 2 aromatic rings. The van der Waals surface area contributed by atoms with Gasteiger partial charge < -0.3 is 10.4 Å². The van der Waals surface area contributed by atoms with Gasteiger partial charge in [-0.15, -0.1) is 11.3 Å². The number of amides is 1. The van der Waals surface area contributed by atoms with Gasteiger partial charge in [-0.3, -0.25) is 4.79 Å². The molecule has 2 rings (SSSR count). The third-order valence-corrected chi connectivity index (χ3v) is 4.64. The average molecular weight is 277 g/mol. The number of aliphatic hydroxyl groups is 1. The quantitative estimate of drug-likeness (QED) is 0.902. The van der Waals surface area contributed by atoms with E-state index in [0.717, 1.165) is 20.5 Å². The lowest BCUT2D eigenvalue weighted by Crippen LogP contribution is -2.41. The third-order valence-electron chi connectivity index (χ3n) is 3.37. The SMILES string of the molecule is Cc1c(C(=O)NC(CO)C(C)C)sc2ccccc12. The summed E-state index contributed by atoms with van der Waals surface area (Å²) in [6, 6.07) is 7.82. The Morgan fingerprint density at radius 1 is 1.37 bits per heavy atom. The van der Waals surface area contributed by atoms with Crippen LogP contribution in [0.1, 0.15) is 29.1 Å². The first-order chi connectivity index (χ1) is 9.04. The fourth-order valence-electron chi connectivity index (χ4n) is 2.05. The number of fused-ring (bicyclic) bond motifs is 1. The minimum atomic E-state index is -0.197. The fraction of sp³-hybridized carbons (Fsp3) is 0.400. The Labute approximate surface area is 117 Å². The van der Waals surface area contributed by atoms with E-state index in [0.29, 0.717) is 0 Å². The summed E-state index contributed by atoms with van der Waals surface area (Å²) in [4.78, 5) is 13.0. The molecule has 1 aromatic carbocycles. The number of rotatable bonds is 4. The molecule has 3 nitrogen and oxygen atoms in total. The van der Waals surface area contributed by atoms with Crippen LogP contribution >= 0.6 is 11.3 Å². The predicted molar refractivity (Wildman–Crippen MR) is 79.7 cm³/mol. The van der Waals surface area contributed by atoms with Crippen molar-refractivity contribution in [3.05, 3.63) is 34.7 Å². The second kappa shape index (κ2) is 5.72. The maximum Gasteiger partial charge on any atom is 0.261 e. The van der Waals surface area contributed by atoms with Crippen LogP contribution in [-0.4, -0.2) is 23.7 Å². The standard InChI is InChI=1S/C15H19NO2S/c1-9(2)12(8-17)16-15(18)14-10(3)11-6-4-5-7-13(11)19-14/h4-7,9,12,17H,8H2,1-3H3,(H,16,18). The lowest BCUT2D eigenvalue weighted by Gasteiger charge is -2.19. The van der Waals surface area contributed by atoms with Crippen LogP contribution < -0.4 is 5.32 Å². The maximum absolute atomic E-state index is 12.3. The Morgan fingerprint density at radius 2 is 2.05 bits per heavy atom. The van der Waals surface area contributed by atoms with Crippen molar-refractivity contribution in [1.29, 1.82) is 0 Å². The molecule has 0 saturated carbocycles. The van der Waals surface area contributed by atoms with Crippen LogP contribution in [0, 0.1) is 12.8 Å². The zero-order valence-electron chi connectivity index (χ0n) is 11.4. The summed E-state index contributed by atoms with van der Waals surface area (Å²) < 4.78 is 1.12. The first-order valence-corrected chi connectivity index (χ1v) is 7.26. The number of hydrogen-bond acceptors (Lipinski definition) is 3. The van der Waals surface area contributed by atoms with E-state index in [1.807, 2.05) is 45.0 Å². The highest BCUT2D eigenvalue weighted by atomic mass is 32.1. The smallest absolute Gasteiger partial charge is 0.261 e. The lowest BCUT2D eigenvalue weighted by molar-refractivity contribution is 0.0900. The molecule has 1 atom stereocenters. The van der Waals surface area contributed by atoms with E-state index in [2.05, 4.69) is 5.32 Å². The lowest BCUT2D eigenvalue weighted by atomic mass is 10.1. The summed E-state index contributed by atoms with van der Waals surface area (Å²) >= 11 is 1.50. The van der Waals surface area contributed by atoms with E-state index >= 15 is 0 Å². The van der Waals surface area contributed by atoms with Gasteiger partial charge in [-0.1, -0.05) is 32.0 Å². The average Bonchev–Trinajstić information content (AvgIpc) is 2.73. The summed E-state index contributed by atoms with van der Waals surface area (Å²) in [6.45, 7) is 5.91. The number of carbonyl (C=O) groups is 1. The molecular formula is C15H19NO2S. The van der Waals surface area contributed by atoms with E-state index in [4.69, 9.17) is 0 Å². The molecule has 0 radical (unpaired) electrons. The van der Waals surface area contributed by atoms with Crippen LogP contribution in [-0.2, 0) is 0 Å². The summed E-state index contributed by atoms with van der Waals surface area (Å²) in [5.74, 6) is 0.120. The highest BCUT2D eigenvalue weighted by Gasteiger charge is 2.20. The highest BCUT2D eigenvalue weighted by Crippen LogP contribution is 2.30. The fourth-order valence-corrected chi connectivity index (χ4v) is 3.16. The normalized spacial score (nSPS) is 12.9. The Morgan fingerprint density at radius 3 is 2.63 bits per heavy atom. The largest absolute Gasteiger partial charge is 0.394 e. The Hall–Kier alpha value is -1.39. The molecule has 0 fully saturated rings. The van der Waals surface area contributed by atoms with Crippen molar-refractivity contribution in [3.8, 4) is 0 Å². The van der Waals surface area contributed by atoms with Crippen molar-refractivity contribution in [2.24, 2.45) is 5.92 Å². The van der Waals surface area contributed by atoms with Crippen molar-refractivity contribution in [3.63, 3.8) is 0 Å². The molecule has 0 aliphatic carbocycles. The summed E-state index contributed by atoms with van der Waals surface area (Å²) in [6.07, 6.45) is 0. The molecule has 0 saturated heterocycles. The molecular weight excluding hydrogens is 258 g/mol. The number of aryl methyl sites for hydroxylation is 1. The summed E-state index contributed by atoms with van der Waals surface area (Å²) in [5.41, 5.74) is 1.01. The van der Waals surface area contributed by atoms with Gasteiger partial charge in [0.15, 0.2) is 0 Å². The topological polar surface area (TPSA) is 49.3 Å². The van der Waals surface area contributed by atoms with Crippen LogP contribution in [0.3, 0.4) is 0 Å². The molecule has 2 N–H and O–H groups in total. The number of carbonyl (C=O) groups excluding carboxylic acids is 1. The van der Waals surface area contributed by atoms with Gasteiger partial charge in [0.25, 0.3) is 5.91 Å². The van der Waals surface area contributed by atoms with Gasteiger partial charge in [-0.2, -0.15) is 0 Å². The molecule has 0 bridgehead atoms. The van der Waals surface area contributed by atoms with Crippen LogP contribution in [0.4, 0.5) is 0 Å². The van der Waals surface area contributed by atoms with Crippen molar-refractivity contribution >= 4 is 27.3 Å². The molecule has 1 heterocycles. The van der Waals surface area contributed by atoms with Gasteiger partial charge in [-0.05, 0) is 29.9 Å². The summed E-state index contributed by atoms with van der Waals surface area (Å²) in [5, 5.41) is 13.3. The van der Waals surface area contributed by atoms with Crippen LogP contribution in [0.2, 0.25) is 0 Å². The third kappa shape index (κ3) is 2.80. The van der Waals surface area contributed by atoms with E-state index in [9.17, 15) is 9.90 Å². The molecule has 0 aliphatic heterocycles. The van der Waals surface area contributed by atoms with Crippen molar-refractivity contribution in [1.82, 2.24) is 5.32 Å². The van der Waals surface area contributed by atoms with Crippen molar-refractivity contribution in [2.75, 3.05) is 6.61 Å². The molecule has 0 aliphatic rings. The minimum absolute atomic E-state index is 0.0344. The van der Waals surface area contributed by atoms with Gasteiger partial charge in [0.2, 0.25) is 0 Å². The molecule has 1 aromatic heterocycles. The van der Waals surface area contributed by atoms with Crippen LogP contribution in [0.15, 0.2) is 24.3 Å². The van der Waals surface area contributed by atoms with E-state index in [1.165, 1.54) is 11.3 Å². The first kappa shape index (κ1) is 14.0. The first-order valence-electron chi connectivity index (χ1n) is 6.44. The van der Waals surface area contributed by atoms with Gasteiger partial charge in [0.1, 0.15) is 0 Å². The van der Waals surface area contributed by atoms with Crippen LogP contribution in [0.25, 0.3) is 10.1 Å². The second-order valence-electron chi connectivity index (χ2n) is 5.06. The van der Waals surface area contributed by atoms with Gasteiger partial charge in [0, 0.05) is 4.70 Å². The van der Waals surface area contributed by atoms with Gasteiger partial charge in [0.05, 0.1) is 17.5 Å². The Bertz CT molecular complexity index is 589. The zero-order valence-corrected chi connectivity index (χ0v) is 12.3. The summed E-state index contributed by atoms with van der Waals surface area (Å²) in [7, 11) is 0. The molecule has 102 valence electrons. The number of aliphatic hydroxyl groups excluding tert-OH is 1. The molecule has 1 amide bonds. The van der Waals surface area contributed by atoms with E-state index < -0.39 is 0 Å². The second-order valence-corrected chi connectivity index (χ2v) is 6.11. The highest BCUT2D eigenvalue weighted by molar-refractivity contribution is 7.21. The van der Waals surface area contributed by atoms with Gasteiger partial charge in [-0.25, -0.2) is 0 Å².